The van der Waals surface area contributed by atoms with Crippen LogP contribution < -0.4 is 26.0 Å². The largest absolute Gasteiger partial charge is 0.491 e. The molecule has 1 aliphatic rings. The lowest BCUT2D eigenvalue weighted by atomic mass is 10.0. The summed E-state index contributed by atoms with van der Waals surface area (Å²) < 4.78 is 6.02. The first-order chi connectivity index (χ1) is 19.5. The summed E-state index contributed by atoms with van der Waals surface area (Å²) in [5.74, 6) is -1.33. The molecule has 0 fully saturated rings. The molecule has 0 bridgehead atoms. The van der Waals surface area contributed by atoms with Gasteiger partial charge in [0.15, 0.2) is 0 Å². The molecule has 4 atom stereocenters. The predicted molar refractivity (Wildman–Crippen MR) is 155 cm³/mol. The summed E-state index contributed by atoms with van der Waals surface area (Å²) in [5, 5.41) is 21.7. The fourth-order valence-corrected chi connectivity index (χ4v) is 4.51. The van der Waals surface area contributed by atoms with E-state index >= 15 is 0 Å². The molecule has 1 aliphatic heterocycles. The minimum Gasteiger partial charge on any atom is -0.491 e. The number of hydrogen-bond donors (Lipinski definition) is 5. The highest BCUT2D eigenvalue weighted by atomic mass is 16.5. The maximum absolute atomic E-state index is 13.3. The van der Waals surface area contributed by atoms with Crippen LogP contribution in [0, 0.1) is 11.8 Å². The quantitative estimate of drug-likeness (QED) is 0.348. The van der Waals surface area contributed by atoms with Crippen LogP contribution in [0.25, 0.3) is 0 Å². The van der Waals surface area contributed by atoms with Crippen molar-refractivity contribution in [1.82, 2.24) is 21.3 Å². The van der Waals surface area contributed by atoms with Gasteiger partial charge in [-0.2, -0.15) is 0 Å². The van der Waals surface area contributed by atoms with Crippen molar-refractivity contribution >= 4 is 23.6 Å². The number of aliphatic hydroxyl groups excluding tert-OH is 1. The molecular weight excluding hydrogens is 524 g/mol. The Morgan fingerprint density at radius 3 is 2.34 bits per heavy atom. The number of amides is 4. The Kier molecular flexibility index (Phi) is 11.7. The second kappa shape index (κ2) is 15.2. The molecule has 4 amide bonds. The summed E-state index contributed by atoms with van der Waals surface area (Å²) in [4.78, 5) is 52.8. The molecule has 10 nitrogen and oxygen atoms in total. The minimum absolute atomic E-state index is 0.0154. The van der Waals surface area contributed by atoms with Crippen molar-refractivity contribution in [3.05, 3.63) is 65.7 Å². The van der Waals surface area contributed by atoms with Crippen LogP contribution in [0.4, 0.5) is 0 Å². The molecule has 0 aromatic heterocycles. The molecule has 2 aromatic rings. The molecule has 0 aliphatic carbocycles. The first kappa shape index (κ1) is 31.6. The Morgan fingerprint density at radius 2 is 1.66 bits per heavy atom. The van der Waals surface area contributed by atoms with Gasteiger partial charge in [-0.1, -0.05) is 70.2 Å². The Labute approximate surface area is 241 Å². The first-order valence-corrected chi connectivity index (χ1v) is 14.2. The van der Waals surface area contributed by atoms with Gasteiger partial charge in [0.25, 0.3) is 5.91 Å². The number of nitrogens with one attached hydrogen (secondary N) is 4. The molecular formula is C31H42N4O6. The highest BCUT2D eigenvalue weighted by Gasteiger charge is 2.29. The number of carbonyl (C=O) groups excluding carboxylic acids is 4. The summed E-state index contributed by atoms with van der Waals surface area (Å²) >= 11 is 0. The van der Waals surface area contributed by atoms with Crippen LogP contribution in [0.2, 0.25) is 0 Å². The van der Waals surface area contributed by atoms with Gasteiger partial charge < -0.3 is 31.1 Å². The van der Waals surface area contributed by atoms with Crippen molar-refractivity contribution < 1.29 is 29.0 Å². The highest BCUT2D eigenvalue weighted by Crippen LogP contribution is 2.20. The Hall–Kier alpha value is -3.92. The topological polar surface area (TPSA) is 146 Å². The first-order valence-electron chi connectivity index (χ1n) is 14.2. The van der Waals surface area contributed by atoms with E-state index in [9.17, 15) is 24.3 Å². The van der Waals surface area contributed by atoms with E-state index in [0.29, 0.717) is 17.7 Å². The van der Waals surface area contributed by atoms with Crippen LogP contribution in [0.15, 0.2) is 54.6 Å². The van der Waals surface area contributed by atoms with E-state index in [4.69, 9.17) is 4.74 Å². The Morgan fingerprint density at radius 1 is 0.976 bits per heavy atom. The molecule has 0 unspecified atom stereocenters. The summed E-state index contributed by atoms with van der Waals surface area (Å²) in [5.41, 5.74) is 0.860. The van der Waals surface area contributed by atoms with Crippen LogP contribution >= 0.6 is 0 Å². The normalized spacial score (nSPS) is 21.3. The van der Waals surface area contributed by atoms with Crippen LogP contribution in [0.1, 0.15) is 69.0 Å². The molecule has 0 saturated heterocycles. The van der Waals surface area contributed by atoms with Crippen LogP contribution in [0.3, 0.4) is 0 Å². The fourth-order valence-electron chi connectivity index (χ4n) is 4.51. The molecule has 3 rings (SSSR count). The van der Waals surface area contributed by atoms with Crippen molar-refractivity contribution in [2.75, 3.05) is 13.2 Å². The van der Waals surface area contributed by atoms with Gasteiger partial charge in [-0.05, 0) is 42.4 Å². The number of rotatable bonds is 7. The lowest BCUT2D eigenvalue weighted by molar-refractivity contribution is -0.130. The Bertz CT molecular complexity index is 1190. The van der Waals surface area contributed by atoms with Gasteiger partial charge >= 0.3 is 0 Å². The van der Waals surface area contributed by atoms with Gasteiger partial charge in [-0.25, -0.2) is 0 Å². The van der Waals surface area contributed by atoms with Crippen molar-refractivity contribution in [2.45, 2.75) is 71.2 Å². The van der Waals surface area contributed by atoms with Crippen LogP contribution in [-0.2, 0) is 14.4 Å². The number of para-hydroxylation sites is 1. The zero-order chi connectivity index (χ0) is 29.9. The summed E-state index contributed by atoms with van der Waals surface area (Å²) in [6.07, 6.45) is -0.629. The number of ether oxygens (including phenoxy) is 1. The minimum atomic E-state index is -1.07. The molecule has 1 heterocycles. The number of benzene rings is 2. The third-order valence-corrected chi connectivity index (χ3v) is 6.98. The van der Waals surface area contributed by atoms with Crippen molar-refractivity contribution in [2.24, 2.45) is 11.8 Å². The zero-order valence-corrected chi connectivity index (χ0v) is 24.2. The molecule has 0 saturated carbocycles. The van der Waals surface area contributed by atoms with Gasteiger partial charge in [0.2, 0.25) is 17.7 Å². The third kappa shape index (κ3) is 9.60. The van der Waals surface area contributed by atoms with E-state index in [-0.39, 0.29) is 55.3 Å². The molecule has 0 spiro atoms. The van der Waals surface area contributed by atoms with E-state index < -0.39 is 35.9 Å². The second-order valence-electron chi connectivity index (χ2n) is 11.2. The van der Waals surface area contributed by atoms with Gasteiger partial charge in [-0.3, -0.25) is 19.2 Å². The van der Waals surface area contributed by atoms with Crippen molar-refractivity contribution in [1.29, 1.82) is 0 Å². The van der Waals surface area contributed by atoms with Crippen molar-refractivity contribution in [3.8, 4) is 5.75 Å². The third-order valence-electron chi connectivity index (χ3n) is 6.98. The summed E-state index contributed by atoms with van der Waals surface area (Å²) in [6, 6.07) is 13.4. The van der Waals surface area contributed by atoms with Gasteiger partial charge in [0.1, 0.15) is 24.4 Å². The average Bonchev–Trinajstić information content (AvgIpc) is 2.95. The second-order valence-corrected chi connectivity index (χ2v) is 11.2. The molecule has 0 radical (unpaired) electrons. The zero-order valence-electron chi connectivity index (χ0n) is 24.2. The maximum atomic E-state index is 13.3. The standard InChI is InChI=1S/C31H42N4O6/c1-19(2)16-24-31(40)35-25(20(3)4)18-41-27-13-9-8-12-22(27)29(38)34-23(14-15-28(37)33-24)30(39)32-17-26(36)21-10-6-5-7-11-21/h5-13,19-20,23-26,36H,14-18H2,1-4H3,(H,32,39)(H,33,37)(H,34,38)(H,35,40)/t23-,24-,25-,26+/m0/s1. The van der Waals surface area contributed by atoms with Crippen molar-refractivity contribution in [3.63, 3.8) is 0 Å². The fraction of sp³-hybridized carbons (Fsp3) is 0.484. The van der Waals surface area contributed by atoms with E-state index in [1.165, 1.54) is 0 Å². The molecule has 41 heavy (non-hydrogen) atoms. The average molecular weight is 567 g/mol. The smallest absolute Gasteiger partial charge is 0.255 e. The lowest BCUT2D eigenvalue weighted by Crippen LogP contribution is -2.53. The van der Waals surface area contributed by atoms with Crippen LogP contribution in [0.5, 0.6) is 5.75 Å². The number of carbonyl (C=O) groups is 4. The SMILES string of the molecule is CC(C)C[C@@H]1NC(=O)CC[C@@H](C(=O)NC[C@@H](O)c2ccccc2)NC(=O)c2ccccc2OC[C@@H](C(C)C)NC1=O. The van der Waals surface area contributed by atoms with Gasteiger partial charge in [0.05, 0.1) is 17.7 Å². The Balaban J connectivity index is 1.86. The maximum Gasteiger partial charge on any atom is 0.255 e. The predicted octanol–water partition coefficient (Wildman–Crippen LogP) is 2.48. The number of aliphatic hydroxyl groups is 1. The van der Waals surface area contributed by atoms with E-state index in [0.717, 1.165) is 0 Å². The number of fused-ring (bicyclic) bond motifs is 1. The van der Waals surface area contributed by atoms with Crippen LogP contribution in [-0.4, -0.2) is 60.0 Å². The number of hydrogen-bond acceptors (Lipinski definition) is 6. The van der Waals surface area contributed by atoms with E-state index in [1.54, 1.807) is 48.5 Å². The molecule has 222 valence electrons. The summed E-state index contributed by atoms with van der Waals surface area (Å²) in [7, 11) is 0. The molecule has 10 heteroatoms. The van der Waals surface area contributed by atoms with E-state index in [1.807, 2.05) is 33.8 Å². The molecule has 5 N–H and O–H groups in total. The van der Waals surface area contributed by atoms with E-state index in [2.05, 4.69) is 21.3 Å². The summed E-state index contributed by atoms with van der Waals surface area (Å²) in [6.45, 7) is 7.87. The molecule has 2 aromatic carbocycles. The lowest BCUT2D eigenvalue weighted by Gasteiger charge is -2.27. The van der Waals surface area contributed by atoms with Gasteiger partial charge in [-0.15, -0.1) is 0 Å². The monoisotopic (exact) mass is 566 g/mol. The van der Waals surface area contributed by atoms with Gasteiger partial charge in [0, 0.05) is 13.0 Å². The highest BCUT2D eigenvalue weighted by molar-refractivity contribution is 5.99.